The lowest BCUT2D eigenvalue weighted by Gasteiger charge is -2.06. The summed E-state index contributed by atoms with van der Waals surface area (Å²) in [4.78, 5) is 38.1. The van der Waals surface area contributed by atoms with Crippen LogP contribution in [0.4, 0.5) is 0 Å². The minimum atomic E-state index is -0.613. The third kappa shape index (κ3) is 3.10. The monoisotopic (exact) mass is 289 g/mol. The number of pyridine rings is 1. The summed E-state index contributed by atoms with van der Waals surface area (Å²) in [6.45, 7) is 3.85. The number of H-pyrrole nitrogens is 1. The van der Waals surface area contributed by atoms with Gasteiger partial charge in [0.15, 0.2) is 5.43 Å². The largest absolute Gasteiger partial charge is 0.462 e. The van der Waals surface area contributed by atoms with E-state index < -0.39 is 11.9 Å². The van der Waals surface area contributed by atoms with E-state index in [1.165, 1.54) is 24.3 Å². The van der Waals surface area contributed by atoms with Gasteiger partial charge in [-0.15, -0.1) is 0 Å². The molecule has 0 unspecified atom stereocenters. The van der Waals surface area contributed by atoms with Gasteiger partial charge in [0.25, 0.3) is 0 Å². The average molecular weight is 289 g/mol. The van der Waals surface area contributed by atoms with Crippen LogP contribution < -0.4 is 5.43 Å². The highest BCUT2D eigenvalue weighted by Gasteiger charge is 2.13. The van der Waals surface area contributed by atoms with Crippen molar-refractivity contribution in [2.75, 3.05) is 13.2 Å². The van der Waals surface area contributed by atoms with Gasteiger partial charge in [-0.25, -0.2) is 9.59 Å². The van der Waals surface area contributed by atoms with Crippen molar-refractivity contribution in [2.24, 2.45) is 0 Å². The van der Waals surface area contributed by atoms with E-state index in [-0.39, 0.29) is 24.3 Å². The van der Waals surface area contributed by atoms with Gasteiger partial charge in [-0.1, -0.05) is 0 Å². The Balaban J connectivity index is 2.52. The van der Waals surface area contributed by atoms with E-state index in [4.69, 9.17) is 9.47 Å². The van der Waals surface area contributed by atoms with Gasteiger partial charge >= 0.3 is 11.9 Å². The zero-order valence-electron chi connectivity index (χ0n) is 11.8. The number of benzene rings is 1. The summed E-state index contributed by atoms with van der Waals surface area (Å²) in [7, 11) is 0. The van der Waals surface area contributed by atoms with Crippen molar-refractivity contribution in [3.8, 4) is 0 Å². The first-order valence-electron chi connectivity index (χ1n) is 6.58. The van der Waals surface area contributed by atoms with Crippen LogP contribution in [-0.4, -0.2) is 30.1 Å². The molecule has 0 aliphatic rings. The Labute approximate surface area is 120 Å². The van der Waals surface area contributed by atoms with Crippen molar-refractivity contribution in [3.05, 3.63) is 45.7 Å². The second-order valence-electron chi connectivity index (χ2n) is 4.25. The molecule has 0 atom stereocenters. The van der Waals surface area contributed by atoms with Crippen LogP contribution in [0.2, 0.25) is 0 Å². The average Bonchev–Trinajstić information content (AvgIpc) is 2.47. The number of fused-ring (bicyclic) bond motifs is 1. The van der Waals surface area contributed by atoms with Gasteiger partial charge in [0, 0.05) is 11.5 Å². The SMILES string of the molecule is CCOC(=O)c1ccc2c(=O)cc(C(=O)OCC)[nH]c2c1. The molecule has 0 spiro atoms. The first kappa shape index (κ1) is 14.8. The first-order chi connectivity index (χ1) is 10.1. The molecule has 6 nitrogen and oxygen atoms in total. The van der Waals surface area contributed by atoms with Crippen molar-refractivity contribution in [1.82, 2.24) is 4.98 Å². The summed E-state index contributed by atoms with van der Waals surface area (Å²) < 4.78 is 9.75. The molecule has 2 rings (SSSR count). The Hall–Kier alpha value is -2.63. The Kier molecular flexibility index (Phi) is 4.37. The second kappa shape index (κ2) is 6.21. The fourth-order valence-corrected chi connectivity index (χ4v) is 1.91. The van der Waals surface area contributed by atoms with Crippen LogP contribution in [0.25, 0.3) is 10.9 Å². The van der Waals surface area contributed by atoms with Crippen LogP contribution in [0.15, 0.2) is 29.1 Å². The summed E-state index contributed by atoms with van der Waals surface area (Å²) in [5.41, 5.74) is 0.426. The number of nitrogens with one attached hydrogen (secondary N) is 1. The molecule has 0 radical (unpaired) electrons. The molecule has 1 heterocycles. The summed E-state index contributed by atoms with van der Waals surface area (Å²) in [6.07, 6.45) is 0. The molecular weight excluding hydrogens is 274 g/mol. The van der Waals surface area contributed by atoms with Crippen LogP contribution in [-0.2, 0) is 9.47 Å². The number of rotatable bonds is 4. The Morgan fingerprint density at radius 3 is 2.38 bits per heavy atom. The molecule has 1 aromatic heterocycles. The fourth-order valence-electron chi connectivity index (χ4n) is 1.91. The number of hydrogen-bond acceptors (Lipinski definition) is 5. The molecule has 6 heteroatoms. The quantitative estimate of drug-likeness (QED) is 0.869. The number of carbonyl (C=O) groups excluding carboxylic acids is 2. The minimum absolute atomic E-state index is 0.0513. The lowest BCUT2D eigenvalue weighted by Crippen LogP contribution is -2.13. The van der Waals surface area contributed by atoms with Crippen molar-refractivity contribution >= 4 is 22.8 Å². The normalized spacial score (nSPS) is 10.4. The van der Waals surface area contributed by atoms with Crippen molar-refractivity contribution in [3.63, 3.8) is 0 Å². The lowest BCUT2D eigenvalue weighted by atomic mass is 10.1. The van der Waals surface area contributed by atoms with E-state index >= 15 is 0 Å². The molecule has 0 saturated heterocycles. The summed E-state index contributed by atoms with van der Waals surface area (Å²) in [5, 5.41) is 0.385. The smallest absolute Gasteiger partial charge is 0.354 e. The second-order valence-corrected chi connectivity index (χ2v) is 4.25. The van der Waals surface area contributed by atoms with Crippen molar-refractivity contribution in [2.45, 2.75) is 13.8 Å². The van der Waals surface area contributed by atoms with E-state index in [1.54, 1.807) is 13.8 Å². The maximum atomic E-state index is 12.0. The van der Waals surface area contributed by atoms with E-state index in [1.807, 2.05) is 0 Å². The van der Waals surface area contributed by atoms with Crippen molar-refractivity contribution < 1.29 is 19.1 Å². The zero-order valence-corrected chi connectivity index (χ0v) is 11.8. The van der Waals surface area contributed by atoms with E-state index in [2.05, 4.69) is 4.98 Å². The molecule has 110 valence electrons. The molecule has 0 aliphatic carbocycles. The van der Waals surface area contributed by atoms with E-state index in [0.29, 0.717) is 16.5 Å². The molecule has 0 fully saturated rings. The maximum absolute atomic E-state index is 12.0. The number of ether oxygens (including phenoxy) is 2. The minimum Gasteiger partial charge on any atom is -0.462 e. The topological polar surface area (TPSA) is 85.5 Å². The third-order valence-electron chi connectivity index (χ3n) is 2.84. The number of aromatic nitrogens is 1. The Morgan fingerprint density at radius 1 is 1.05 bits per heavy atom. The Morgan fingerprint density at radius 2 is 1.71 bits per heavy atom. The fraction of sp³-hybridized carbons (Fsp3) is 0.267. The van der Waals surface area contributed by atoms with Gasteiger partial charge in [-0.05, 0) is 32.0 Å². The predicted molar refractivity (Wildman–Crippen MR) is 76.5 cm³/mol. The summed E-state index contributed by atoms with van der Waals surface area (Å²) in [6, 6.07) is 5.71. The molecule has 1 N–H and O–H groups in total. The predicted octanol–water partition coefficient (Wildman–Crippen LogP) is 1.88. The molecule has 0 bridgehead atoms. The molecule has 2 aromatic rings. The van der Waals surface area contributed by atoms with Crippen LogP contribution in [0.3, 0.4) is 0 Å². The van der Waals surface area contributed by atoms with Crippen LogP contribution in [0.5, 0.6) is 0 Å². The van der Waals surface area contributed by atoms with Gasteiger partial charge in [0.05, 0.1) is 24.3 Å². The number of hydrogen-bond donors (Lipinski definition) is 1. The molecule has 0 saturated carbocycles. The standard InChI is InChI=1S/C15H15NO5/c1-3-20-14(18)9-5-6-10-11(7-9)16-12(8-13(10)17)15(19)21-4-2/h5-8H,3-4H2,1-2H3,(H,16,17). The molecular formula is C15H15NO5. The third-order valence-corrected chi connectivity index (χ3v) is 2.84. The summed E-state index contributed by atoms with van der Waals surface area (Å²) in [5.74, 6) is -1.10. The first-order valence-corrected chi connectivity index (χ1v) is 6.58. The maximum Gasteiger partial charge on any atom is 0.354 e. The molecule has 21 heavy (non-hydrogen) atoms. The van der Waals surface area contributed by atoms with Crippen LogP contribution >= 0.6 is 0 Å². The van der Waals surface area contributed by atoms with Gasteiger partial charge in [-0.2, -0.15) is 0 Å². The highest BCUT2D eigenvalue weighted by molar-refractivity contribution is 5.96. The van der Waals surface area contributed by atoms with Crippen molar-refractivity contribution in [1.29, 1.82) is 0 Å². The highest BCUT2D eigenvalue weighted by atomic mass is 16.5. The van der Waals surface area contributed by atoms with E-state index in [9.17, 15) is 14.4 Å². The highest BCUT2D eigenvalue weighted by Crippen LogP contribution is 2.13. The molecule has 0 aliphatic heterocycles. The number of esters is 2. The molecule has 1 aromatic carbocycles. The van der Waals surface area contributed by atoms with Crippen LogP contribution in [0.1, 0.15) is 34.7 Å². The summed E-state index contributed by atoms with van der Waals surface area (Å²) >= 11 is 0. The Bertz CT molecular complexity index is 742. The number of carbonyl (C=O) groups is 2. The zero-order chi connectivity index (χ0) is 15.4. The lowest BCUT2D eigenvalue weighted by molar-refractivity contribution is 0.0514. The number of aromatic amines is 1. The van der Waals surface area contributed by atoms with Gasteiger partial charge < -0.3 is 14.5 Å². The van der Waals surface area contributed by atoms with Gasteiger partial charge in [0.1, 0.15) is 5.69 Å². The van der Waals surface area contributed by atoms with Gasteiger partial charge in [0.2, 0.25) is 0 Å². The van der Waals surface area contributed by atoms with Crippen LogP contribution in [0, 0.1) is 0 Å². The van der Waals surface area contributed by atoms with Gasteiger partial charge in [-0.3, -0.25) is 4.79 Å². The van der Waals surface area contributed by atoms with E-state index in [0.717, 1.165) is 0 Å². The molecule has 0 amide bonds.